The third-order valence-corrected chi connectivity index (χ3v) is 4.29. The highest BCUT2D eigenvalue weighted by molar-refractivity contribution is 9.10. The van der Waals surface area contributed by atoms with Gasteiger partial charge in [0.15, 0.2) is 0 Å². The van der Waals surface area contributed by atoms with Gasteiger partial charge in [0.05, 0.1) is 0 Å². The smallest absolute Gasteiger partial charge is 0.268 e. The lowest BCUT2D eigenvalue weighted by atomic mass is 10.1. The van der Waals surface area contributed by atoms with E-state index in [0.717, 1.165) is 16.6 Å². The van der Waals surface area contributed by atoms with Crippen molar-refractivity contribution in [2.24, 2.45) is 0 Å². The van der Waals surface area contributed by atoms with Crippen LogP contribution in [0, 0.1) is 0 Å². The van der Waals surface area contributed by atoms with Crippen LogP contribution in [0.2, 0.25) is 0 Å². The molecule has 1 saturated carbocycles. The minimum atomic E-state index is 0.0607. The third kappa shape index (κ3) is 4.37. The first-order valence-corrected chi connectivity index (χ1v) is 8.59. The average Bonchev–Trinajstić information content (AvgIpc) is 3.17. The second-order valence-corrected chi connectivity index (χ2v) is 6.82. The molecule has 0 aromatic carbocycles. The zero-order valence-electron chi connectivity index (χ0n) is 12.5. The van der Waals surface area contributed by atoms with Crippen molar-refractivity contribution in [1.29, 1.82) is 0 Å². The van der Waals surface area contributed by atoms with Crippen LogP contribution >= 0.6 is 15.9 Å². The zero-order chi connectivity index (χ0) is 14.5. The molecule has 0 spiro atoms. The van der Waals surface area contributed by atoms with Crippen molar-refractivity contribution in [2.75, 3.05) is 0 Å². The van der Waals surface area contributed by atoms with Gasteiger partial charge in [-0.3, -0.25) is 4.79 Å². The lowest BCUT2D eigenvalue weighted by Gasteiger charge is -2.15. The fourth-order valence-corrected chi connectivity index (χ4v) is 2.97. The molecule has 2 rings (SSSR count). The summed E-state index contributed by atoms with van der Waals surface area (Å²) in [6.45, 7) is 4.32. The molecule has 4 heteroatoms. The van der Waals surface area contributed by atoms with Crippen LogP contribution in [0.3, 0.4) is 0 Å². The molecule has 1 aromatic rings. The van der Waals surface area contributed by atoms with Crippen LogP contribution in [0.15, 0.2) is 16.7 Å². The lowest BCUT2D eigenvalue weighted by molar-refractivity contribution is 0.0928. The van der Waals surface area contributed by atoms with Crippen molar-refractivity contribution < 1.29 is 4.79 Å². The third-order valence-electron chi connectivity index (χ3n) is 3.86. The van der Waals surface area contributed by atoms with Gasteiger partial charge < -0.3 is 9.88 Å². The number of hydrogen-bond acceptors (Lipinski definition) is 1. The highest BCUT2D eigenvalue weighted by Gasteiger charge is 2.28. The number of aromatic nitrogens is 1. The van der Waals surface area contributed by atoms with Crippen LogP contribution < -0.4 is 5.32 Å². The van der Waals surface area contributed by atoms with Crippen molar-refractivity contribution in [1.82, 2.24) is 9.88 Å². The molecule has 1 atom stereocenters. The van der Waals surface area contributed by atoms with Crippen LogP contribution in [-0.4, -0.2) is 16.5 Å². The van der Waals surface area contributed by atoms with E-state index in [-0.39, 0.29) is 11.9 Å². The van der Waals surface area contributed by atoms with Gasteiger partial charge in [-0.25, -0.2) is 0 Å². The highest BCUT2D eigenvalue weighted by atomic mass is 79.9. The first kappa shape index (κ1) is 15.6. The SMILES string of the molecule is CCCCCCC(C)NC(=O)c1cc(Br)cn1C1CC1. The van der Waals surface area contributed by atoms with E-state index in [0.29, 0.717) is 6.04 Å². The molecule has 0 radical (unpaired) electrons. The van der Waals surface area contributed by atoms with E-state index in [1.165, 1.54) is 38.5 Å². The number of carbonyl (C=O) groups is 1. The summed E-state index contributed by atoms with van der Waals surface area (Å²) in [5, 5.41) is 3.13. The van der Waals surface area contributed by atoms with Crippen LogP contribution in [0.5, 0.6) is 0 Å². The number of nitrogens with one attached hydrogen (secondary N) is 1. The van der Waals surface area contributed by atoms with Crippen molar-refractivity contribution in [3.8, 4) is 0 Å². The fourth-order valence-electron chi connectivity index (χ4n) is 2.53. The number of amides is 1. The quantitative estimate of drug-likeness (QED) is 0.685. The van der Waals surface area contributed by atoms with Crippen molar-refractivity contribution in [3.05, 3.63) is 22.4 Å². The van der Waals surface area contributed by atoms with Gasteiger partial charge in [-0.1, -0.05) is 32.6 Å². The van der Waals surface area contributed by atoms with Gasteiger partial charge in [-0.2, -0.15) is 0 Å². The molecule has 1 fully saturated rings. The minimum Gasteiger partial charge on any atom is -0.348 e. The molecule has 20 heavy (non-hydrogen) atoms. The second-order valence-electron chi connectivity index (χ2n) is 5.91. The van der Waals surface area contributed by atoms with Crippen LogP contribution in [0.4, 0.5) is 0 Å². The first-order valence-electron chi connectivity index (χ1n) is 7.80. The molecule has 1 aromatic heterocycles. The van der Waals surface area contributed by atoms with E-state index in [2.05, 4.69) is 39.7 Å². The number of unbranched alkanes of at least 4 members (excludes halogenated alkanes) is 3. The monoisotopic (exact) mass is 340 g/mol. The van der Waals surface area contributed by atoms with Gasteiger partial charge in [0.1, 0.15) is 5.69 Å². The fraction of sp³-hybridized carbons (Fsp3) is 0.688. The van der Waals surface area contributed by atoms with E-state index in [4.69, 9.17) is 0 Å². The molecule has 1 unspecified atom stereocenters. The molecule has 0 bridgehead atoms. The Bertz CT molecular complexity index is 451. The molecule has 1 aliphatic carbocycles. The predicted octanol–water partition coefficient (Wildman–Crippen LogP) is 4.67. The maximum Gasteiger partial charge on any atom is 0.268 e. The highest BCUT2D eigenvalue weighted by Crippen LogP contribution is 2.37. The number of hydrogen-bond donors (Lipinski definition) is 1. The first-order chi connectivity index (χ1) is 9.61. The summed E-state index contributed by atoms with van der Waals surface area (Å²) in [7, 11) is 0. The summed E-state index contributed by atoms with van der Waals surface area (Å²) in [6.07, 6.45) is 10.5. The molecule has 0 saturated heterocycles. The standard InChI is InChI=1S/C16H25BrN2O/c1-3-4-5-6-7-12(2)18-16(20)15-10-13(17)11-19(15)14-8-9-14/h10-12,14H,3-9H2,1-2H3,(H,18,20). The summed E-state index contributed by atoms with van der Waals surface area (Å²) in [4.78, 5) is 12.4. The number of nitrogens with zero attached hydrogens (tertiary/aromatic N) is 1. The Balaban J connectivity index is 1.84. The molecular formula is C16H25BrN2O. The van der Waals surface area contributed by atoms with Crippen molar-refractivity contribution in [2.45, 2.75) is 70.9 Å². The van der Waals surface area contributed by atoms with Gasteiger partial charge in [-0.15, -0.1) is 0 Å². The van der Waals surface area contributed by atoms with Gasteiger partial charge in [0.2, 0.25) is 0 Å². The maximum atomic E-state index is 12.4. The van der Waals surface area contributed by atoms with E-state index in [1.54, 1.807) is 0 Å². The molecule has 1 heterocycles. The minimum absolute atomic E-state index is 0.0607. The van der Waals surface area contributed by atoms with Gasteiger partial charge in [0, 0.05) is 22.8 Å². The molecule has 112 valence electrons. The summed E-state index contributed by atoms with van der Waals surface area (Å²) in [6, 6.07) is 2.71. The second kappa shape index (κ2) is 7.30. The maximum absolute atomic E-state index is 12.4. The lowest BCUT2D eigenvalue weighted by Crippen LogP contribution is -2.33. The molecular weight excluding hydrogens is 316 g/mol. The van der Waals surface area contributed by atoms with Crippen LogP contribution in [0.1, 0.15) is 75.3 Å². The van der Waals surface area contributed by atoms with Crippen LogP contribution in [0.25, 0.3) is 0 Å². The van der Waals surface area contributed by atoms with E-state index < -0.39 is 0 Å². The van der Waals surface area contributed by atoms with E-state index in [9.17, 15) is 4.79 Å². The number of carbonyl (C=O) groups excluding carboxylic acids is 1. The Kier molecular flexibility index (Phi) is 5.70. The Labute approximate surface area is 130 Å². The van der Waals surface area contributed by atoms with Crippen molar-refractivity contribution >= 4 is 21.8 Å². The summed E-state index contributed by atoms with van der Waals surface area (Å²) >= 11 is 3.47. The summed E-state index contributed by atoms with van der Waals surface area (Å²) < 4.78 is 3.11. The largest absolute Gasteiger partial charge is 0.348 e. The topological polar surface area (TPSA) is 34.0 Å². The normalized spacial score (nSPS) is 16.1. The molecule has 3 nitrogen and oxygen atoms in total. The molecule has 1 aliphatic rings. The summed E-state index contributed by atoms with van der Waals surface area (Å²) in [5.41, 5.74) is 0.791. The Morgan fingerprint density at radius 3 is 2.85 bits per heavy atom. The number of halogens is 1. The summed E-state index contributed by atoms with van der Waals surface area (Å²) in [5.74, 6) is 0.0607. The van der Waals surface area contributed by atoms with Gasteiger partial charge in [0.25, 0.3) is 5.91 Å². The Morgan fingerprint density at radius 1 is 1.45 bits per heavy atom. The van der Waals surface area contributed by atoms with Crippen LogP contribution in [-0.2, 0) is 0 Å². The van der Waals surface area contributed by atoms with E-state index >= 15 is 0 Å². The number of rotatable bonds is 8. The molecule has 1 N–H and O–H groups in total. The Morgan fingerprint density at radius 2 is 2.20 bits per heavy atom. The Hall–Kier alpha value is -0.770. The molecule has 1 amide bonds. The van der Waals surface area contributed by atoms with Gasteiger partial charge in [-0.05, 0) is 48.2 Å². The molecule has 0 aliphatic heterocycles. The van der Waals surface area contributed by atoms with Crippen molar-refractivity contribution in [3.63, 3.8) is 0 Å². The zero-order valence-corrected chi connectivity index (χ0v) is 14.1. The predicted molar refractivity (Wildman–Crippen MR) is 86.1 cm³/mol. The van der Waals surface area contributed by atoms with E-state index in [1.807, 2.05) is 12.3 Å². The van der Waals surface area contributed by atoms with Gasteiger partial charge >= 0.3 is 0 Å². The average molecular weight is 341 g/mol.